The Kier molecular flexibility index (Phi) is 6.44. The number of quaternary nitrogens is 1. The van der Waals surface area contributed by atoms with Gasteiger partial charge in [-0.2, -0.15) is 0 Å². The highest BCUT2D eigenvalue weighted by Gasteiger charge is 2.14. The molecule has 1 amide bonds. The molecule has 0 bridgehead atoms. The molecule has 22 heavy (non-hydrogen) atoms. The van der Waals surface area contributed by atoms with Crippen LogP contribution in [0, 0.1) is 0 Å². The Bertz CT molecular complexity index is 629. The number of likely N-dealkylation sites (N-methyl/N-ethyl adjacent to an activating group) is 1. The lowest BCUT2D eigenvalue weighted by Crippen LogP contribution is -3.08. The molecule has 118 valence electrons. The monoisotopic (exact) mass is 401 g/mol. The Morgan fingerprint density at radius 3 is 2.59 bits per heavy atom. The highest BCUT2D eigenvalue weighted by molar-refractivity contribution is 9.11. The average molecular weight is 403 g/mol. The second-order valence-electron chi connectivity index (χ2n) is 5.36. The molecule has 1 aromatic heterocycles. The molecular weight excluding hydrogens is 384 g/mol. The van der Waals surface area contributed by atoms with Crippen LogP contribution in [0.5, 0.6) is 0 Å². The predicted molar refractivity (Wildman–Crippen MR) is 95.5 cm³/mol. The Balaban J connectivity index is 1.82. The minimum Gasteiger partial charge on any atom is -0.345 e. The third-order valence-electron chi connectivity index (χ3n) is 3.31. The molecule has 0 fully saturated rings. The minimum absolute atomic E-state index is 0.0200. The highest BCUT2D eigenvalue weighted by atomic mass is 79.9. The van der Waals surface area contributed by atoms with Crippen molar-refractivity contribution in [3.63, 3.8) is 0 Å². The fourth-order valence-electron chi connectivity index (χ4n) is 2.21. The van der Waals surface area contributed by atoms with E-state index < -0.39 is 0 Å². The number of hydrogen-bond donors (Lipinski definition) is 2. The van der Waals surface area contributed by atoms with Crippen molar-refractivity contribution >= 4 is 44.8 Å². The van der Waals surface area contributed by atoms with E-state index in [0.717, 1.165) is 20.8 Å². The topological polar surface area (TPSA) is 33.5 Å². The number of benzene rings is 1. The van der Waals surface area contributed by atoms with Gasteiger partial charge in [0.2, 0.25) is 0 Å². The summed E-state index contributed by atoms with van der Waals surface area (Å²) in [6, 6.07) is 11.7. The van der Waals surface area contributed by atoms with Gasteiger partial charge in [0, 0.05) is 5.02 Å². The van der Waals surface area contributed by atoms with Gasteiger partial charge in [0.15, 0.2) is 6.54 Å². The maximum atomic E-state index is 12.1. The van der Waals surface area contributed by atoms with Gasteiger partial charge in [-0.3, -0.25) is 4.79 Å². The van der Waals surface area contributed by atoms with Crippen molar-refractivity contribution in [3.05, 3.63) is 55.6 Å². The second-order valence-corrected chi connectivity index (χ2v) is 8.34. The number of halogens is 2. The van der Waals surface area contributed by atoms with E-state index in [1.807, 2.05) is 44.3 Å². The molecule has 2 aromatic rings. The molecule has 0 aliphatic carbocycles. The van der Waals surface area contributed by atoms with Crippen molar-refractivity contribution in [3.8, 4) is 0 Å². The van der Waals surface area contributed by atoms with Gasteiger partial charge in [-0.05, 0) is 52.7 Å². The molecule has 6 heteroatoms. The van der Waals surface area contributed by atoms with Crippen molar-refractivity contribution < 1.29 is 9.69 Å². The summed E-state index contributed by atoms with van der Waals surface area (Å²) in [5.74, 6) is 0.0515. The van der Waals surface area contributed by atoms with Gasteiger partial charge < -0.3 is 10.2 Å². The Hall–Kier alpha value is -0.880. The van der Waals surface area contributed by atoms with Crippen LogP contribution < -0.4 is 10.2 Å². The highest BCUT2D eigenvalue weighted by Crippen LogP contribution is 2.21. The molecule has 0 aliphatic heterocycles. The smallest absolute Gasteiger partial charge is 0.275 e. The van der Waals surface area contributed by atoms with E-state index in [9.17, 15) is 4.79 Å². The van der Waals surface area contributed by atoms with Crippen LogP contribution in [-0.2, 0) is 11.3 Å². The molecule has 2 atom stereocenters. The maximum absolute atomic E-state index is 12.1. The van der Waals surface area contributed by atoms with E-state index in [1.165, 1.54) is 4.88 Å². The minimum atomic E-state index is -0.0200. The predicted octanol–water partition coefficient (Wildman–Crippen LogP) is 3.06. The molecule has 0 saturated carbocycles. The Morgan fingerprint density at radius 2 is 2.00 bits per heavy atom. The van der Waals surface area contributed by atoms with Crippen LogP contribution in [0.1, 0.15) is 23.4 Å². The fraction of sp³-hybridized carbons (Fsp3) is 0.312. The van der Waals surface area contributed by atoms with Crippen molar-refractivity contribution in [2.45, 2.75) is 19.5 Å². The first-order valence-electron chi connectivity index (χ1n) is 7.04. The summed E-state index contributed by atoms with van der Waals surface area (Å²) in [6.45, 7) is 3.28. The van der Waals surface area contributed by atoms with Gasteiger partial charge in [-0.25, -0.2) is 0 Å². The summed E-state index contributed by atoms with van der Waals surface area (Å²) >= 11 is 11.0. The Labute approximate surface area is 148 Å². The molecule has 0 radical (unpaired) electrons. The van der Waals surface area contributed by atoms with Crippen molar-refractivity contribution in [1.82, 2.24) is 5.32 Å². The van der Waals surface area contributed by atoms with Gasteiger partial charge in [-0.1, -0.05) is 23.7 Å². The Morgan fingerprint density at radius 1 is 1.32 bits per heavy atom. The zero-order valence-corrected chi connectivity index (χ0v) is 15.7. The molecule has 0 aliphatic rings. The van der Waals surface area contributed by atoms with Crippen LogP contribution in [0.2, 0.25) is 5.02 Å². The number of rotatable bonds is 6. The molecule has 1 unspecified atom stereocenters. The van der Waals surface area contributed by atoms with E-state index in [-0.39, 0.29) is 11.9 Å². The normalized spacial score (nSPS) is 13.6. The summed E-state index contributed by atoms with van der Waals surface area (Å²) < 4.78 is 1.12. The maximum Gasteiger partial charge on any atom is 0.275 e. The zero-order chi connectivity index (χ0) is 16.1. The lowest BCUT2D eigenvalue weighted by Gasteiger charge is -2.17. The van der Waals surface area contributed by atoms with E-state index >= 15 is 0 Å². The molecule has 0 saturated heterocycles. The van der Waals surface area contributed by atoms with Crippen molar-refractivity contribution in [2.24, 2.45) is 0 Å². The first kappa shape index (κ1) is 17.5. The zero-order valence-electron chi connectivity index (χ0n) is 12.5. The lowest BCUT2D eigenvalue weighted by molar-refractivity contribution is -0.885. The van der Waals surface area contributed by atoms with Crippen LogP contribution in [0.3, 0.4) is 0 Å². The second kappa shape index (κ2) is 8.11. The van der Waals surface area contributed by atoms with E-state index in [2.05, 4.69) is 27.3 Å². The van der Waals surface area contributed by atoms with E-state index in [1.54, 1.807) is 11.3 Å². The van der Waals surface area contributed by atoms with Crippen LogP contribution in [-0.4, -0.2) is 19.5 Å². The van der Waals surface area contributed by atoms with Gasteiger partial charge in [0.25, 0.3) is 5.91 Å². The number of carbonyl (C=O) groups excluding carboxylic acids is 1. The van der Waals surface area contributed by atoms with Gasteiger partial charge in [-0.15, -0.1) is 11.3 Å². The SMILES string of the molecule is C[C@@H](NC(=O)C[NH+](C)Cc1ccc(Br)s1)c1ccc(Cl)cc1. The molecule has 2 N–H and O–H groups in total. The first-order chi connectivity index (χ1) is 10.4. The number of amides is 1. The van der Waals surface area contributed by atoms with Crippen LogP contribution in [0.15, 0.2) is 40.2 Å². The summed E-state index contributed by atoms with van der Waals surface area (Å²) in [4.78, 5) is 14.6. The fourth-order valence-corrected chi connectivity index (χ4v) is 3.93. The van der Waals surface area contributed by atoms with Crippen LogP contribution >= 0.6 is 38.9 Å². The number of nitrogens with one attached hydrogen (secondary N) is 2. The lowest BCUT2D eigenvalue weighted by atomic mass is 10.1. The molecule has 2 rings (SSSR count). The molecule has 1 aromatic carbocycles. The summed E-state index contributed by atoms with van der Waals surface area (Å²) in [6.07, 6.45) is 0. The van der Waals surface area contributed by atoms with Gasteiger partial charge >= 0.3 is 0 Å². The number of hydrogen-bond acceptors (Lipinski definition) is 2. The van der Waals surface area contributed by atoms with E-state index in [0.29, 0.717) is 11.6 Å². The van der Waals surface area contributed by atoms with Gasteiger partial charge in [0.05, 0.1) is 21.8 Å². The van der Waals surface area contributed by atoms with Crippen LogP contribution in [0.25, 0.3) is 0 Å². The van der Waals surface area contributed by atoms with Crippen molar-refractivity contribution in [1.29, 1.82) is 0 Å². The molecule has 1 heterocycles. The first-order valence-corrected chi connectivity index (χ1v) is 9.03. The molecule has 0 spiro atoms. The van der Waals surface area contributed by atoms with E-state index in [4.69, 9.17) is 11.6 Å². The summed E-state index contributed by atoms with van der Waals surface area (Å²) in [5.41, 5.74) is 1.05. The average Bonchev–Trinajstić information content (AvgIpc) is 2.84. The largest absolute Gasteiger partial charge is 0.345 e. The quantitative estimate of drug-likeness (QED) is 0.765. The summed E-state index contributed by atoms with van der Waals surface area (Å²) in [7, 11) is 2.03. The number of thiophene rings is 1. The molecule has 3 nitrogen and oxygen atoms in total. The third-order valence-corrected chi connectivity index (χ3v) is 5.19. The third kappa shape index (κ3) is 5.39. The van der Waals surface area contributed by atoms with Gasteiger partial charge in [0.1, 0.15) is 6.54 Å². The summed E-state index contributed by atoms with van der Waals surface area (Å²) in [5, 5.41) is 3.73. The standard InChI is InChI=1S/C16H18BrClN2OS/c1-11(12-3-5-13(18)6-4-12)19-16(21)10-20(2)9-14-7-8-15(17)22-14/h3-8,11H,9-10H2,1-2H3,(H,19,21)/p+1/t11-/m1/s1. The molecular formula is C16H19BrClN2OS+. The number of carbonyl (C=O) groups is 1. The van der Waals surface area contributed by atoms with Crippen molar-refractivity contribution in [2.75, 3.05) is 13.6 Å². The van der Waals surface area contributed by atoms with Crippen LogP contribution in [0.4, 0.5) is 0 Å².